The third-order valence-corrected chi connectivity index (χ3v) is 2.62. The van der Waals surface area contributed by atoms with Crippen molar-refractivity contribution in [1.82, 2.24) is 5.32 Å². The largest absolute Gasteiger partial charge is 0.493 e. The van der Waals surface area contributed by atoms with Gasteiger partial charge in [0.25, 0.3) is 0 Å². The van der Waals surface area contributed by atoms with Crippen LogP contribution in [-0.4, -0.2) is 46.3 Å². The molecule has 7 heteroatoms. The normalized spacial score (nSPS) is 9.86. The SMILES string of the molecule is COCCNC(=O)CC(=O)Nc1ccc(OC)c(OC)c1. The quantitative estimate of drug-likeness (QED) is 0.547. The van der Waals surface area contributed by atoms with E-state index in [-0.39, 0.29) is 12.3 Å². The summed E-state index contributed by atoms with van der Waals surface area (Å²) in [6.45, 7) is 0.780. The number of hydrogen-bond acceptors (Lipinski definition) is 5. The Kier molecular flexibility index (Phi) is 7.03. The average Bonchev–Trinajstić information content (AvgIpc) is 2.47. The highest BCUT2D eigenvalue weighted by molar-refractivity contribution is 6.03. The second-order valence-electron chi connectivity index (χ2n) is 4.14. The van der Waals surface area contributed by atoms with Crippen LogP contribution in [0.4, 0.5) is 5.69 Å². The third kappa shape index (κ3) is 5.70. The minimum absolute atomic E-state index is 0.252. The van der Waals surface area contributed by atoms with Gasteiger partial charge in [0.05, 0.1) is 20.8 Å². The van der Waals surface area contributed by atoms with Gasteiger partial charge < -0.3 is 24.8 Å². The van der Waals surface area contributed by atoms with Crippen LogP contribution in [0.1, 0.15) is 6.42 Å². The number of anilines is 1. The van der Waals surface area contributed by atoms with Gasteiger partial charge in [0.1, 0.15) is 6.42 Å². The van der Waals surface area contributed by atoms with Crippen molar-refractivity contribution in [2.75, 3.05) is 39.8 Å². The Morgan fingerprint density at radius 2 is 1.76 bits per heavy atom. The summed E-state index contributed by atoms with van der Waals surface area (Å²) in [5, 5.41) is 5.19. The van der Waals surface area contributed by atoms with E-state index in [0.29, 0.717) is 30.3 Å². The molecule has 0 atom stereocenters. The van der Waals surface area contributed by atoms with Gasteiger partial charge in [0, 0.05) is 25.4 Å². The van der Waals surface area contributed by atoms with Crippen molar-refractivity contribution in [1.29, 1.82) is 0 Å². The molecule has 0 aliphatic rings. The molecule has 21 heavy (non-hydrogen) atoms. The van der Waals surface area contributed by atoms with Gasteiger partial charge in [-0.3, -0.25) is 9.59 Å². The molecular formula is C14H20N2O5. The Morgan fingerprint density at radius 1 is 1.05 bits per heavy atom. The molecule has 0 aromatic heterocycles. The van der Waals surface area contributed by atoms with Crippen molar-refractivity contribution < 1.29 is 23.8 Å². The zero-order valence-corrected chi connectivity index (χ0v) is 12.4. The van der Waals surface area contributed by atoms with Crippen LogP contribution in [0.5, 0.6) is 11.5 Å². The van der Waals surface area contributed by atoms with Gasteiger partial charge in [0.15, 0.2) is 11.5 Å². The maximum Gasteiger partial charge on any atom is 0.233 e. The van der Waals surface area contributed by atoms with Crippen molar-refractivity contribution >= 4 is 17.5 Å². The van der Waals surface area contributed by atoms with E-state index in [1.807, 2.05) is 0 Å². The molecule has 0 saturated heterocycles. The zero-order valence-electron chi connectivity index (χ0n) is 12.4. The number of carbonyl (C=O) groups excluding carboxylic acids is 2. The van der Waals surface area contributed by atoms with Crippen LogP contribution in [0.15, 0.2) is 18.2 Å². The number of amides is 2. The Morgan fingerprint density at radius 3 is 2.38 bits per heavy atom. The molecular weight excluding hydrogens is 276 g/mol. The molecule has 2 amide bonds. The first-order valence-corrected chi connectivity index (χ1v) is 6.38. The lowest BCUT2D eigenvalue weighted by Crippen LogP contribution is -2.30. The van der Waals surface area contributed by atoms with E-state index in [4.69, 9.17) is 14.2 Å². The molecule has 1 rings (SSSR count). The summed E-state index contributed by atoms with van der Waals surface area (Å²) in [4.78, 5) is 23.2. The first kappa shape index (κ1) is 16.8. The molecule has 0 bridgehead atoms. The van der Waals surface area contributed by atoms with Crippen molar-refractivity contribution in [2.24, 2.45) is 0 Å². The fourth-order valence-corrected chi connectivity index (χ4v) is 1.62. The minimum Gasteiger partial charge on any atom is -0.493 e. The van der Waals surface area contributed by atoms with Gasteiger partial charge >= 0.3 is 0 Å². The molecule has 7 nitrogen and oxygen atoms in total. The summed E-state index contributed by atoms with van der Waals surface area (Å²) in [6.07, 6.45) is -0.252. The Balaban J connectivity index is 2.53. The molecule has 1 aromatic rings. The molecule has 0 unspecified atom stereocenters. The van der Waals surface area contributed by atoms with Crippen LogP contribution in [-0.2, 0) is 14.3 Å². The molecule has 2 N–H and O–H groups in total. The van der Waals surface area contributed by atoms with E-state index in [9.17, 15) is 9.59 Å². The van der Waals surface area contributed by atoms with E-state index < -0.39 is 5.91 Å². The highest BCUT2D eigenvalue weighted by Gasteiger charge is 2.11. The first-order valence-electron chi connectivity index (χ1n) is 6.38. The van der Waals surface area contributed by atoms with E-state index >= 15 is 0 Å². The summed E-state index contributed by atoms with van der Waals surface area (Å²) in [5.41, 5.74) is 0.530. The molecule has 0 aliphatic carbocycles. The lowest BCUT2D eigenvalue weighted by Gasteiger charge is -2.10. The molecule has 0 fully saturated rings. The van der Waals surface area contributed by atoms with Crippen molar-refractivity contribution in [3.63, 3.8) is 0 Å². The minimum atomic E-state index is -0.405. The maximum absolute atomic E-state index is 11.7. The number of rotatable bonds is 8. The fraction of sp³-hybridized carbons (Fsp3) is 0.429. The molecule has 1 aromatic carbocycles. The molecule has 0 spiro atoms. The van der Waals surface area contributed by atoms with E-state index in [1.54, 1.807) is 18.2 Å². The summed E-state index contributed by atoms with van der Waals surface area (Å²) < 4.78 is 15.0. The molecule has 116 valence electrons. The van der Waals surface area contributed by atoms with Crippen molar-refractivity contribution in [2.45, 2.75) is 6.42 Å². The number of ether oxygens (including phenoxy) is 3. The van der Waals surface area contributed by atoms with Gasteiger partial charge in [-0.25, -0.2) is 0 Å². The van der Waals surface area contributed by atoms with Gasteiger partial charge in [-0.05, 0) is 12.1 Å². The maximum atomic E-state index is 11.7. The second kappa shape index (κ2) is 8.80. The molecule has 0 aliphatic heterocycles. The summed E-state index contributed by atoms with van der Waals surface area (Å²) in [7, 11) is 4.57. The molecule has 0 heterocycles. The van der Waals surface area contributed by atoms with Crippen LogP contribution in [0, 0.1) is 0 Å². The van der Waals surface area contributed by atoms with Crippen LogP contribution in [0.25, 0.3) is 0 Å². The standard InChI is InChI=1S/C14H20N2O5/c1-19-7-6-15-13(17)9-14(18)16-10-4-5-11(20-2)12(8-10)21-3/h4-5,8H,6-7,9H2,1-3H3,(H,15,17)(H,16,18). The molecule has 0 saturated carbocycles. The number of benzene rings is 1. The average molecular weight is 296 g/mol. The Bertz CT molecular complexity index is 490. The number of methoxy groups -OCH3 is 3. The van der Waals surface area contributed by atoms with Crippen LogP contribution in [0.3, 0.4) is 0 Å². The zero-order chi connectivity index (χ0) is 15.7. The lowest BCUT2D eigenvalue weighted by molar-refractivity contribution is -0.126. The topological polar surface area (TPSA) is 85.9 Å². The highest BCUT2D eigenvalue weighted by Crippen LogP contribution is 2.29. The van der Waals surface area contributed by atoms with E-state index in [0.717, 1.165) is 0 Å². The summed E-state index contributed by atoms with van der Waals surface area (Å²) >= 11 is 0. The Labute approximate surface area is 123 Å². The van der Waals surface area contributed by atoms with Crippen LogP contribution >= 0.6 is 0 Å². The van der Waals surface area contributed by atoms with E-state index in [1.165, 1.54) is 21.3 Å². The summed E-state index contributed by atoms with van der Waals surface area (Å²) in [6, 6.07) is 4.97. The predicted octanol–water partition coefficient (Wildman–Crippen LogP) is 0.795. The van der Waals surface area contributed by atoms with Gasteiger partial charge in [0.2, 0.25) is 11.8 Å². The third-order valence-electron chi connectivity index (χ3n) is 2.62. The fourth-order valence-electron chi connectivity index (χ4n) is 1.62. The number of nitrogens with one attached hydrogen (secondary N) is 2. The predicted molar refractivity (Wildman–Crippen MR) is 77.7 cm³/mol. The smallest absolute Gasteiger partial charge is 0.233 e. The highest BCUT2D eigenvalue weighted by atomic mass is 16.5. The molecule has 0 radical (unpaired) electrons. The van der Waals surface area contributed by atoms with Crippen LogP contribution in [0.2, 0.25) is 0 Å². The van der Waals surface area contributed by atoms with Crippen molar-refractivity contribution in [3.8, 4) is 11.5 Å². The Hall–Kier alpha value is -2.28. The van der Waals surface area contributed by atoms with Crippen molar-refractivity contribution in [3.05, 3.63) is 18.2 Å². The lowest BCUT2D eigenvalue weighted by atomic mass is 10.2. The monoisotopic (exact) mass is 296 g/mol. The van der Waals surface area contributed by atoms with E-state index in [2.05, 4.69) is 10.6 Å². The second-order valence-corrected chi connectivity index (χ2v) is 4.14. The van der Waals surface area contributed by atoms with Gasteiger partial charge in [-0.15, -0.1) is 0 Å². The van der Waals surface area contributed by atoms with Gasteiger partial charge in [-0.1, -0.05) is 0 Å². The first-order chi connectivity index (χ1) is 10.1. The number of hydrogen-bond donors (Lipinski definition) is 2. The number of carbonyl (C=O) groups is 2. The summed E-state index contributed by atoms with van der Waals surface area (Å²) in [5.74, 6) is 0.301. The van der Waals surface area contributed by atoms with Gasteiger partial charge in [-0.2, -0.15) is 0 Å². The van der Waals surface area contributed by atoms with Crippen LogP contribution < -0.4 is 20.1 Å².